The van der Waals surface area contributed by atoms with Crippen LogP contribution in [0, 0.1) is 0 Å². The third-order valence-electron chi connectivity index (χ3n) is 2.58. The number of hydrogen-bond donors (Lipinski definition) is 0. The van der Waals surface area contributed by atoms with Gasteiger partial charge in [-0.25, -0.2) is 0 Å². The Balaban J connectivity index is 2.47. The van der Waals surface area contributed by atoms with E-state index in [0.717, 1.165) is 18.4 Å². The Hall–Kier alpha value is -1.51. The largest absolute Gasteiger partial charge is 0.382 e. The van der Waals surface area contributed by atoms with Gasteiger partial charge in [-0.3, -0.25) is 0 Å². The normalized spacial score (nSPS) is 11.9. The second-order valence-electron chi connectivity index (χ2n) is 3.79. The molecule has 1 atom stereocenters. The molecule has 0 amide bonds. The SMILES string of the molecule is COC(C)CCc1ccc(CN=[N+]=[N-])cc1. The standard InChI is InChI=1S/C12H17N3O/c1-10(16-2)3-4-11-5-7-12(8-6-11)9-14-15-13/h5-8,10H,3-4,9H2,1-2H3. The second-order valence-corrected chi connectivity index (χ2v) is 3.79. The molecule has 0 radical (unpaired) electrons. The van der Waals surface area contributed by atoms with Crippen molar-refractivity contribution in [1.82, 2.24) is 0 Å². The van der Waals surface area contributed by atoms with Crippen molar-refractivity contribution in [2.45, 2.75) is 32.4 Å². The van der Waals surface area contributed by atoms with E-state index in [2.05, 4.69) is 29.1 Å². The first-order valence-electron chi connectivity index (χ1n) is 5.37. The van der Waals surface area contributed by atoms with E-state index >= 15 is 0 Å². The fraction of sp³-hybridized carbons (Fsp3) is 0.500. The maximum absolute atomic E-state index is 8.20. The Labute approximate surface area is 95.9 Å². The van der Waals surface area contributed by atoms with E-state index in [4.69, 9.17) is 10.3 Å². The summed E-state index contributed by atoms with van der Waals surface area (Å²) in [4.78, 5) is 2.73. The Morgan fingerprint density at radius 3 is 2.50 bits per heavy atom. The number of methoxy groups -OCH3 is 1. The minimum absolute atomic E-state index is 0.294. The van der Waals surface area contributed by atoms with Gasteiger partial charge in [0.2, 0.25) is 0 Å². The molecule has 0 heterocycles. The minimum atomic E-state index is 0.294. The summed E-state index contributed by atoms with van der Waals surface area (Å²) >= 11 is 0. The minimum Gasteiger partial charge on any atom is -0.382 e. The quantitative estimate of drug-likeness (QED) is 0.410. The molecule has 4 nitrogen and oxygen atoms in total. The van der Waals surface area contributed by atoms with Crippen molar-refractivity contribution in [3.8, 4) is 0 Å². The van der Waals surface area contributed by atoms with Crippen LogP contribution < -0.4 is 0 Å². The van der Waals surface area contributed by atoms with Gasteiger partial charge in [-0.15, -0.1) is 0 Å². The summed E-state index contributed by atoms with van der Waals surface area (Å²) < 4.78 is 5.19. The molecule has 4 heteroatoms. The van der Waals surface area contributed by atoms with E-state index in [1.54, 1.807) is 7.11 Å². The zero-order chi connectivity index (χ0) is 11.8. The van der Waals surface area contributed by atoms with Crippen LogP contribution in [0.2, 0.25) is 0 Å². The number of rotatable bonds is 6. The van der Waals surface area contributed by atoms with E-state index < -0.39 is 0 Å². The Morgan fingerprint density at radius 2 is 1.94 bits per heavy atom. The van der Waals surface area contributed by atoms with Crippen LogP contribution in [0.15, 0.2) is 29.4 Å². The zero-order valence-corrected chi connectivity index (χ0v) is 9.76. The van der Waals surface area contributed by atoms with Crippen LogP contribution in [0.3, 0.4) is 0 Å². The highest BCUT2D eigenvalue weighted by Gasteiger charge is 2.00. The summed E-state index contributed by atoms with van der Waals surface area (Å²) in [6, 6.07) is 8.15. The molecule has 0 saturated carbocycles. The van der Waals surface area contributed by atoms with Gasteiger partial charge in [0.05, 0.1) is 12.6 Å². The molecule has 0 aliphatic rings. The van der Waals surface area contributed by atoms with Gasteiger partial charge in [-0.1, -0.05) is 29.4 Å². The molecular weight excluding hydrogens is 202 g/mol. The van der Waals surface area contributed by atoms with Gasteiger partial charge >= 0.3 is 0 Å². The lowest BCUT2D eigenvalue weighted by atomic mass is 10.1. The highest BCUT2D eigenvalue weighted by Crippen LogP contribution is 2.09. The van der Waals surface area contributed by atoms with E-state index in [-0.39, 0.29) is 0 Å². The molecule has 0 aliphatic heterocycles. The highest BCUT2D eigenvalue weighted by molar-refractivity contribution is 5.22. The topological polar surface area (TPSA) is 58.0 Å². The Bertz CT molecular complexity index is 355. The third kappa shape index (κ3) is 4.34. The van der Waals surface area contributed by atoms with Gasteiger partial charge in [0.1, 0.15) is 0 Å². The summed E-state index contributed by atoms with van der Waals surface area (Å²) in [7, 11) is 1.73. The molecule has 0 aliphatic carbocycles. The summed E-state index contributed by atoms with van der Waals surface area (Å²) in [5.41, 5.74) is 10.5. The molecule has 1 unspecified atom stereocenters. The lowest BCUT2D eigenvalue weighted by Gasteiger charge is -2.08. The lowest BCUT2D eigenvalue weighted by molar-refractivity contribution is 0.111. The van der Waals surface area contributed by atoms with Crippen LogP contribution in [0.25, 0.3) is 10.4 Å². The van der Waals surface area contributed by atoms with Gasteiger partial charge < -0.3 is 4.74 Å². The zero-order valence-electron chi connectivity index (χ0n) is 9.76. The first-order chi connectivity index (χ1) is 7.76. The molecule has 1 rings (SSSR count). The van der Waals surface area contributed by atoms with E-state index in [1.807, 2.05) is 12.1 Å². The smallest absolute Gasteiger partial charge is 0.0546 e. The van der Waals surface area contributed by atoms with Crippen LogP contribution in [0.5, 0.6) is 0 Å². The van der Waals surface area contributed by atoms with Crippen LogP contribution >= 0.6 is 0 Å². The summed E-state index contributed by atoms with van der Waals surface area (Å²) in [5.74, 6) is 0. The van der Waals surface area contributed by atoms with Gasteiger partial charge in [0.25, 0.3) is 0 Å². The first-order valence-corrected chi connectivity index (χ1v) is 5.37. The molecule has 16 heavy (non-hydrogen) atoms. The second kappa shape index (κ2) is 6.88. The molecule has 86 valence electrons. The maximum atomic E-state index is 8.20. The fourth-order valence-corrected chi connectivity index (χ4v) is 1.41. The number of benzene rings is 1. The molecule has 0 bridgehead atoms. The summed E-state index contributed by atoms with van der Waals surface area (Å²) in [6.07, 6.45) is 2.33. The molecule has 1 aromatic carbocycles. The average molecular weight is 219 g/mol. The van der Waals surface area contributed by atoms with Crippen molar-refractivity contribution in [2.24, 2.45) is 5.11 Å². The summed E-state index contributed by atoms with van der Waals surface area (Å²) in [6.45, 7) is 2.49. The van der Waals surface area contributed by atoms with Crippen LogP contribution in [0.1, 0.15) is 24.5 Å². The highest BCUT2D eigenvalue weighted by atomic mass is 16.5. The lowest BCUT2D eigenvalue weighted by Crippen LogP contribution is -2.05. The molecule has 1 aromatic rings. The Morgan fingerprint density at radius 1 is 1.31 bits per heavy atom. The molecular formula is C12H17N3O. The van der Waals surface area contributed by atoms with Crippen molar-refractivity contribution in [3.05, 3.63) is 45.8 Å². The van der Waals surface area contributed by atoms with Crippen molar-refractivity contribution >= 4 is 0 Å². The molecule has 0 spiro atoms. The van der Waals surface area contributed by atoms with Gasteiger partial charge in [0.15, 0.2) is 0 Å². The van der Waals surface area contributed by atoms with E-state index in [0.29, 0.717) is 12.6 Å². The van der Waals surface area contributed by atoms with Gasteiger partial charge in [-0.2, -0.15) is 0 Å². The number of azide groups is 1. The average Bonchev–Trinajstić information content (AvgIpc) is 2.34. The molecule has 0 aromatic heterocycles. The van der Waals surface area contributed by atoms with Gasteiger partial charge in [-0.05, 0) is 36.4 Å². The van der Waals surface area contributed by atoms with Crippen molar-refractivity contribution < 1.29 is 4.74 Å². The monoisotopic (exact) mass is 219 g/mol. The fourth-order valence-electron chi connectivity index (χ4n) is 1.41. The predicted octanol–water partition coefficient (Wildman–Crippen LogP) is 3.46. The first kappa shape index (κ1) is 12.6. The maximum Gasteiger partial charge on any atom is 0.0546 e. The van der Waals surface area contributed by atoms with Crippen LogP contribution in [0.4, 0.5) is 0 Å². The predicted molar refractivity (Wildman–Crippen MR) is 64.1 cm³/mol. The van der Waals surface area contributed by atoms with Crippen molar-refractivity contribution in [1.29, 1.82) is 0 Å². The van der Waals surface area contributed by atoms with Crippen LogP contribution in [-0.2, 0) is 17.7 Å². The van der Waals surface area contributed by atoms with E-state index in [9.17, 15) is 0 Å². The third-order valence-corrected chi connectivity index (χ3v) is 2.58. The molecule has 0 fully saturated rings. The summed E-state index contributed by atoms with van der Waals surface area (Å²) in [5, 5.41) is 3.52. The number of nitrogens with zero attached hydrogens (tertiary/aromatic N) is 3. The Kier molecular flexibility index (Phi) is 5.40. The molecule has 0 saturated heterocycles. The number of aryl methyl sites for hydroxylation is 1. The number of ether oxygens (including phenoxy) is 1. The van der Waals surface area contributed by atoms with Crippen molar-refractivity contribution in [3.63, 3.8) is 0 Å². The van der Waals surface area contributed by atoms with E-state index in [1.165, 1.54) is 5.56 Å². The van der Waals surface area contributed by atoms with Crippen molar-refractivity contribution in [2.75, 3.05) is 7.11 Å². The molecule has 0 N–H and O–H groups in total. The van der Waals surface area contributed by atoms with Gasteiger partial charge in [0, 0.05) is 12.0 Å². The number of hydrogen-bond acceptors (Lipinski definition) is 2. The van der Waals surface area contributed by atoms with Crippen LogP contribution in [-0.4, -0.2) is 13.2 Å².